The van der Waals surface area contributed by atoms with Crippen LogP contribution >= 0.6 is 11.3 Å². The second-order valence-electron chi connectivity index (χ2n) is 9.77. The lowest BCUT2D eigenvalue weighted by Crippen LogP contribution is -2.74. The SMILES string of the molecule is CC(C)(C)OC(=O)C1=C(COC(=O)Oc2ccc([N+](=O)[O-])cc2)CS(=O)[C@@H]2[C@H](NC(=O)Cc3cccs3)C(=O)N12. The minimum absolute atomic E-state index is 0.0247. The van der Waals surface area contributed by atoms with Gasteiger partial charge in [-0.05, 0) is 44.4 Å². The molecule has 1 aromatic heterocycles. The maximum atomic E-state index is 13.2. The Bertz CT molecular complexity index is 1400. The van der Waals surface area contributed by atoms with Crippen molar-refractivity contribution in [2.45, 2.75) is 44.2 Å². The number of thiophene rings is 1. The number of rotatable bonds is 8. The fourth-order valence-corrected chi connectivity index (χ4v) is 6.35. The number of nitro groups is 1. The summed E-state index contributed by atoms with van der Waals surface area (Å²) < 4.78 is 28.7. The molecule has 0 spiro atoms. The molecule has 15 heteroatoms. The summed E-state index contributed by atoms with van der Waals surface area (Å²) in [5.41, 5.74) is -1.27. The van der Waals surface area contributed by atoms with Gasteiger partial charge in [0.05, 0.1) is 27.9 Å². The number of carbonyl (C=O) groups excluding carboxylic acids is 4. The monoisotopic (exact) mass is 591 g/mol. The lowest BCUT2D eigenvalue weighted by atomic mass is 10.0. The van der Waals surface area contributed by atoms with Crippen LogP contribution < -0.4 is 10.1 Å². The van der Waals surface area contributed by atoms with Gasteiger partial charge < -0.3 is 19.5 Å². The van der Waals surface area contributed by atoms with E-state index in [-0.39, 0.29) is 34.9 Å². The second-order valence-corrected chi connectivity index (χ2v) is 12.3. The van der Waals surface area contributed by atoms with Gasteiger partial charge in [-0.1, -0.05) is 6.07 Å². The van der Waals surface area contributed by atoms with Gasteiger partial charge in [0.2, 0.25) is 5.91 Å². The van der Waals surface area contributed by atoms with Crippen LogP contribution in [0.1, 0.15) is 25.6 Å². The number of carbonyl (C=O) groups is 4. The van der Waals surface area contributed by atoms with Crippen molar-refractivity contribution in [3.8, 4) is 5.75 Å². The molecular weight excluding hydrogens is 566 g/mol. The van der Waals surface area contributed by atoms with Crippen molar-refractivity contribution in [3.05, 3.63) is 68.0 Å². The number of nitro benzene ring substituents is 1. The van der Waals surface area contributed by atoms with E-state index >= 15 is 0 Å². The van der Waals surface area contributed by atoms with Crippen molar-refractivity contribution in [2.24, 2.45) is 0 Å². The van der Waals surface area contributed by atoms with E-state index in [0.29, 0.717) is 0 Å². The van der Waals surface area contributed by atoms with Gasteiger partial charge in [0.1, 0.15) is 35.1 Å². The van der Waals surface area contributed by atoms with Crippen LogP contribution in [0, 0.1) is 10.1 Å². The maximum absolute atomic E-state index is 13.2. The Hall–Kier alpha value is -4.11. The highest BCUT2D eigenvalue weighted by Gasteiger charge is 2.57. The van der Waals surface area contributed by atoms with Crippen molar-refractivity contribution < 1.29 is 42.5 Å². The summed E-state index contributed by atoms with van der Waals surface area (Å²) in [7, 11) is -1.75. The maximum Gasteiger partial charge on any atom is 0.514 e. The molecule has 212 valence electrons. The fraction of sp³-hybridized carbons (Fsp3) is 0.360. The molecule has 1 aromatic carbocycles. The molecule has 1 saturated heterocycles. The number of benzene rings is 1. The van der Waals surface area contributed by atoms with Crippen molar-refractivity contribution in [3.63, 3.8) is 0 Å². The van der Waals surface area contributed by atoms with Crippen LogP contribution in [-0.4, -0.2) is 67.3 Å². The van der Waals surface area contributed by atoms with Gasteiger partial charge in [-0.25, -0.2) is 9.59 Å². The van der Waals surface area contributed by atoms with Gasteiger partial charge in [-0.15, -0.1) is 11.3 Å². The van der Waals surface area contributed by atoms with E-state index < -0.39 is 63.3 Å². The zero-order chi connectivity index (χ0) is 29.2. The minimum Gasteiger partial charge on any atom is -0.455 e. The molecule has 2 aliphatic heterocycles. The predicted molar refractivity (Wildman–Crippen MR) is 142 cm³/mol. The smallest absolute Gasteiger partial charge is 0.455 e. The van der Waals surface area contributed by atoms with Gasteiger partial charge in [0.15, 0.2) is 0 Å². The average Bonchev–Trinajstić information content (AvgIpc) is 3.37. The van der Waals surface area contributed by atoms with Gasteiger partial charge in [-0.2, -0.15) is 0 Å². The molecule has 1 fully saturated rings. The highest BCUT2D eigenvalue weighted by molar-refractivity contribution is 7.86. The number of esters is 1. The van der Waals surface area contributed by atoms with Crippen LogP contribution in [0.3, 0.4) is 0 Å². The molecule has 3 heterocycles. The standard InChI is InChI=1S/C25H25N3O10S2/c1-25(2,3)38-23(31)20-14(12-36-24(32)37-16-8-6-15(7-9-16)28(33)34)13-40(35)22-19(21(30)27(20)22)26-18(29)11-17-5-4-10-39-17/h4-10,19,22H,11-13H2,1-3H3,(H,26,29)/t19-,22-,40?/m1/s1. The Morgan fingerprint density at radius 1 is 1.20 bits per heavy atom. The first-order valence-electron chi connectivity index (χ1n) is 11.9. The molecule has 0 bridgehead atoms. The number of hydrogen-bond acceptors (Lipinski definition) is 11. The Kier molecular flexibility index (Phi) is 8.34. The minimum atomic E-state index is -1.75. The third-order valence-electron chi connectivity index (χ3n) is 5.64. The number of hydrogen-bond donors (Lipinski definition) is 1. The molecule has 1 unspecified atom stereocenters. The van der Waals surface area contributed by atoms with Crippen LogP contribution in [-0.2, 0) is 41.1 Å². The first-order chi connectivity index (χ1) is 18.8. The number of fused-ring (bicyclic) bond motifs is 1. The molecule has 3 atom stereocenters. The van der Waals surface area contributed by atoms with Crippen LogP contribution in [0.2, 0.25) is 0 Å². The summed E-state index contributed by atoms with van der Waals surface area (Å²) in [6, 6.07) is 7.17. The van der Waals surface area contributed by atoms with Crippen LogP contribution in [0.5, 0.6) is 5.75 Å². The predicted octanol–water partition coefficient (Wildman–Crippen LogP) is 2.43. The lowest BCUT2D eigenvalue weighted by Gasteiger charge is -2.49. The van der Waals surface area contributed by atoms with E-state index in [9.17, 15) is 33.5 Å². The van der Waals surface area contributed by atoms with E-state index in [1.165, 1.54) is 23.5 Å². The Morgan fingerprint density at radius 3 is 2.50 bits per heavy atom. The van der Waals surface area contributed by atoms with E-state index in [2.05, 4.69) is 5.32 Å². The number of non-ortho nitro benzene ring substituents is 1. The summed E-state index contributed by atoms with van der Waals surface area (Å²) >= 11 is 1.38. The summed E-state index contributed by atoms with van der Waals surface area (Å²) in [4.78, 5) is 63.0. The van der Waals surface area contributed by atoms with Crippen LogP contribution in [0.4, 0.5) is 10.5 Å². The summed E-state index contributed by atoms with van der Waals surface area (Å²) in [5.74, 6) is -2.21. The van der Waals surface area contributed by atoms with Crippen molar-refractivity contribution in [1.82, 2.24) is 10.2 Å². The molecule has 13 nitrogen and oxygen atoms in total. The van der Waals surface area contributed by atoms with Gasteiger partial charge >= 0.3 is 12.1 Å². The molecular formula is C25H25N3O10S2. The van der Waals surface area contributed by atoms with Crippen molar-refractivity contribution in [1.29, 1.82) is 0 Å². The second kappa shape index (κ2) is 11.6. The van der Waals surface area contributed by atoms with E-state index in [1.54, 1.807) is 32.9 Å². The molecule has 2 aromatic rings. The van der Waals surface area contributed by atoms with Gasteiger partial charge in [-0.3, -0.25) is 28.8 Å². The first kappa shape index (κ1) is 28.9. The average molecular weight is 592 g/mol. The first-order valence-corrected chi connectivity index (χ1v) is 14.2. The van der Waals surface area contributed by atoms with E-state index in [1.807, 2.05) is 5.38 Å². The number of nitrogens with one attached hydrogen (secondary N) is 1. The zero-order valence-corrected chi connectivity index (χ0v) is 23.2. The van der Waals surface area contributed by atoms with E-state index in [0.717, 1.165) is 21.9 Å². The number of ether oxygens (including phenoxy) is 3. The molecule has 2 amide bonds. The molecule has 2 aliphatic rings. The van der Waals surface area contributed by atoms with Crippen molar-refractivity contribution >= 4 is 51.8 Å². The molecule has 0 radical (unpaired) electrons. The summed E-state index contributed by atoms with van der Waals surface area (Å²) in [6.45, 7) is 4.35. The third-order valence-corrected chi connectivity index (χ3v) is 8.17. The number of β-lactam (4-membered cyclic amide) rings is 1. The lowest BCUT2D eigenvalue weighted by molar-refractivity contribution is -0.384. The summed E-state index contributed by atoms with van der Waals surface area (Å²) in [5, 5.41) is 14.2. The number of amides is 2. The molecule has 4 rings (SSSR count). The highest BCUT2D eigenvalue weighted by atomic mass is 32.2. The third kappa shape index (κ3) is 6.54. The highest BCUT2D eigenvalue weighted by Crippen LogP contribution is 2.36. The molecule has 40 heavy (non-hydrogen) atoms. The topological polar surface area (TPSA) is 171 Å². The van der Waals surface area contributed by atoms with Gasteiger partial charge in [0, 0.05) is 22.6 Å². The van der Waals surface area contributed by atoms with Gasteiger partial charge in [0.25, 0.3) is 11.6 Å². The molecule has 0 aliphatic carbocycles. The largest absolute Gasteiger partial charge is 0.514 e. The fourth-order valence-electron chi connectivity index (χ4n) is 3.98. The summed E-state index contributed by atoms with van der Waals surface area (Å²) in [6.07, 6.45) is -1.14. The Labute approximate surface area is 234 Å². The Balaban J connectivity index is 1.50. The van der Waals surface area contributed by atoms with E-state index in [4.69, 9.17) is 14.2 Å². The Morgan fingerprint density at radius 2 is 1.90 bits per heavy atom. The quantitative estimate of drug-likeness (QED) is 0.158. The zero-order valence-electron chi connectivity index (χ0n) is 21.6. The normalized spacial score (nSPS) is 20.2. The molecule has 0 saturated carbocycles. The van der Waals surface area contributed by atoms with Crippen molar-refractivity contribution in [2.75, 3.05) is 12.4 Å². The van der Waals surface area contributed by atoms with Crippen LogP contribution in [0.15, 0.2) is 53.0 Å². The molecule has 1 N–H and O–H groups in total. The number of nitrogens with zero attached hydrogens (tertiary/aromatic N) is 2. The van der Waals surface area contributed by atoms with Crippen LogP contribution in [0.25, 0.3) is 0 Å².